The second kappa shape index (κ2) is 4.51. The Morgan fingerprint density at radius 3 is 2.89 bits per heavy atom. The maximum Gasteiger partial charge on any atom is 0.230 e. The van der Waals surface area contributed by atoms with Crippen molar-refractivity contribution in [2.45, 2.75) is 0 Å². The van der Waals surface area contributed by atoms with E-state index in [2.05, 4.69) is 20.9 Å². The smallest absolute Gasteiger partial charge is 0.230 e. The second-order valence-corrected chi connectivity index (χ2v) is 5.22. The first-order valence-electron chi connectivity index (χ1n) is 5.36. The number of oxazole rings is 1. The van der Waals surface area contributed by atoms with E-state index in [-0.39, 0.29) is 11.5 Å². The van der Waals surface area contributed by atoms with Gasteiger partial charge in [-0.25, -0.2) is 9.37 Å². The Kier molecular flexibility index (Phi) is 2.95. The molecule has 0 fully saturated rings. The van der Waals surface area contributed by atoms with E-state index in [4.69, 9.17) is 21.8 Å². The van der Waals surface area contributed by atoms with Gasteiger partial charge in [0.05, 0.1) is 20.7 Å². The Morgan fingerprint density at radius 2 is 2.11 bits per heavy atom. The van der Waals surface area contributed by atoms with Gasteiger partial charge in [-0.3, -0.25) is 0 Å². The zero-order valence-corrected chi connectivity index (χ0v) is 11.8. The van der Waals surface area contributed by atoms with Crippen LogP contribution in [-0.2, 0) is 0 Å². The van der Waals surface area contributed by atoms with Gasteiger partial charge in [-0.05, 0) is 34.1 Å². The first-order chi connectivity index (χ1) is 9.06. The largest absolute Gasteiger partial charge is 0.436 e. The van der Waals surface area contributed by atoms with Crippen molar-refractivity contribution in [1.82, 2.24) is 4.98 Å². The molecule has 3 nitrogen and oxygen atoms in total. The molecular weight excluding hydrogens is 335 g/mol. The van der Waals surface area contributed by atoms with E-state index in [0.29, 0.717) is 26.3 Å². The Hall–Kier alpha value is -1.59. The average Bonchev–Trinajstić information content (AvgIpc) is 2.76. The van der Waals surface area contributed by atoms with Gasteiger partial charge in [0, 0.05) is 6.07 Å². The fourth-order valence-corrected chi connectivity index (χ4v) is 2.27. The van der Waals surface area contributed by atoms with Crippen LogP contribution in [0.2, 0.25) is 5.02 Å². The minimum atomic E-state index is -0.423. The van der Waals surface area contributed by atoms with Crippen molar-refractivity contribution in [2.24, 2.45) is 0 Å². The number of hydrogen-bond acceptors (Lipinski definition) is 3. The van der Waals surface area contributed by atoms with Gasteiger partial charge in [0.1, 0.15) is 11.3 Å². The van der Waals surface area contributed by atoms with E-state index < -0.39 is 5.82 Å². The molecule has 0 radical (unpaired) electrons. The van der Waals surface area contributed by atoms with Gasteiger partial charge in [0.25, 0.3) is 0 Å². The number of fused-ring (bicyclic) bond motifs is 1. The summed E-state index contributed by atoms with van der Waals surface area (Å²) in [6, 6.07) is 8.07. The Morgan fingerprint density at radius 1 is 1.32 bits per heavy atom. The summed E-state index contributed by atoms with van der Waals surface area (Å²) in [5.41, 5.74) is 7.36. The van der Waals surface area contributed by atoms with E-state index >= 15 is 0 Å². The van der Waals surface area contributed by atoms with Gasteiger partial charge in [0.2, 0.25) is 5.89 Å². The van der Waals surface area contributed by atoms with Crippen LogP contribution in [0.25, 0.3) is 22.6 Å². The highest BCUT2D eigenvalue weighted by atomic mass is 79.9. The van der Waals surface area contributed by atoms with Gasteiger partial charge in [0.15, 0.2) is 5.58 Å². The molecule has 0 saturated heterocycles. The van der Waals surface area contributed by atoms with Gasteiger partial charge < -0.3 is 10.2 Å². The lowest BCUT2D eigenvalue weighted by Gasteiger charge is -1.99. The zero-order chi connectivity index (χ0) is 13.6. The molecular formula is C13H7BrClFN2O. The van der Waals surface area contributed by atoms with Crippen molar-refractivity contribution in [2.75, 3.05) is 5.73 Å². The van der Waals surface area contributed by atoms with E-state index in [0.717, 1.165) is 0 Å². The minimum Gasteiger partial charge on any atom is -0.436 e. The third-order valence-electron chi connectivity index (χ3n) is 2.69. The highest BCUT2D eigenvalue weighted by molar-refractivity contribution is 9.10. The van der Waals surface area contributed by atoms with Crippen molar-refractivity contribution >= 4 is 44.3 Å². The molecule has 0 aliphatic heterocycles. The molecule has 3 aromatic rings. The third-order valence-corrected chi connectivity index (χ3v) is 3.63. The fourth-order valence-electron chi connectivity index (χ4n) is 1.75. The fraction of sp³-hybridized carbons (Fsp3) is 0. The lowest BCUT2D eigenvalue weighted by Crippen LogP contribution is -1.85. The van der Waals surface area contributed by atoms with Crippen molar-refractivity contribution in [3.8, 4) is 11.5 Å². The van der Waals surface area contributed by atoms with Crippen LogP contribution >= 0.6 is 27.5 Å². The van der Waals surface area contributed by atoms with Crippen LogP contribution in [-0.4, -0.2) is 4.98 Å². The number of aromatic nitrogens is 1. The number of halogens is 3. The molecule has 19 heavy (non-hydrogen) atoms. The maximum atomic E-state index is 14.0. The zero-order valence-electron chi connectivity index (χ0n) is 9.45. The first kappa shape index (κ1) is 12.4. The average molecular weight is 342 g/mol. The Bertz CT molecular complexity index is 749. The molecule has 1 aromatic heterocycles. The number of benzene rings is 2. The molecule has 6 heteroatoms. The number of nitrogens with two attached hydrogens (primary N) is 1. The summed E-state index contributed by atoms with van der Waals surface area (Å²) in [6.07, 6.45) is 0. The van der Waals surface area contributed by atoms with Crippen LogP contribution in [0.15, 0.2) is 39.2 Å². The van der Waals surface area contributed by atoms with Gasteiger partial charge >= 0.3 is 0 Å². The molecule has 0 spiro atoms. The molecule has 2 N–H and O–H groups in total. The number of anilines is 1. The summed E-state index contributed by atoms with van der Waals surface area (Å²) in [5, 5.41) is 0.391. The first-order valence-corrected chi connectivity index (χ1v) is 6.53. The van der Waals surface area contributed by atoms with Crippen LogP contribution < -0.4 is 5.73 Å². The summed E-state index contributed by atoms with van der Waals surface area (Å²) in [4.78, 5) is 4.22. The third kappa shape index (κ3) is 2.09. The van der Waals surface area contributed by atoms with Crippen molar-refractivity contribution in [3.05, 3.63) is 45.6 Å². The monoisotopic (exact) mass is 340 g/mol. The van der Waals surface area contributed by atoms with E-state index in [1.54, 1.807) is 30.3 Å². The minimum absolute atomic E-state index is 0.190. The summed E-state index contributed by atoms with van der Waals surface area (Å²) in [5.74, 6) is -0.233. The van der Waals surface area contributed by atoms with Gasteiger partial charge in [-0.15, -0.1) is 0 Å². The quantitative estimate of drug-likeness (QED) is 0.656. The number of hydrogen-bond donors (Lipinski definition) is 1. The maximum absolute atomic E-state index is 14.0. The molecule has 0 bridgehead atoms. The molecule has 0 aliphatic carbocycles. The molecule has 0 amide bonds. The molecule has 0 aliphatic rings. The second-order valence-electron chi connectivity index (χ2n) is 3.96. The van der Waals surface area contributed by atoms with Gasteiger partial charge in [-0.2, -0.15) is 0 Å². The summed E-state index contributed by atoms with van der Waals surface area (Å²) < 4.78 is 19.8. The topological polar surface area (TPSA) is 52.0 Å². The molecule has 3 rings (SSSR count). The van der Waals surface area contributed by atoms with E-state index in [9.17, 15) is 4.39 Å². The number of nitrogens with zero attached hydrogens (tertiary/aromatic N) is 1. The Balaban J connectivity index is 2.23. The molecule has 0 atom stereocenters. The Labute approximate surface area is 121 Å². The van der Waals surface area contributed by atoms with Crippen molar-refractivity contribution in [1.29, 1.82) is 0 Å². The highest BCUT2D eigenvalue weighted by Crippen LogP contribution is 2.32. The number of nitrogen functional groups attached to an aromatic ring is 1. The van der Waals surface area contributed by atoms with Crippen molar-refractivity contribution in [3.63, 3.8) is 0 Å². The summed E-state index contributed by atoms with van der Waals surface area (Å²) >= 11 is 9.04. The van der Waals surface area contributed by atoms with Crippen molar-refractivity contribution < 1.29 is 8.81 Å². The number of rotatable bonds is 1. The summed E-state index contributed by atoms with van der Waals surface area (Å²) in [7, 11) is 0. The normalized spacial score (nSPS) is 11.1. The van der Waals surface area contributed by atoms with Crippen LogP contribution in [0, 0.1) is 5.82 Å². The van der Waals surface area contributed by atoms with E-state index in [1.165, 1.54) is 0 Å². The standard InChI is InChI=1S/C13H7BrClFN2O/c14-7-3-1-2-6(12(7)16)13-18-10-4-8(15)9(17)5-11(10)19-13/h1-5H,17H2. The highest BCUT2D eigenvalue weighted by Gasteiger charge is 2.15. The van der Waals surface area contributed by atoms with E-state index in [1.807, 2.05) is 0 Å². The lowest BCUT2D eigenvalue weighted by atomic mass is 10.2. The summed E-state index contributed by atoms with van der Waals surface area (Å²) in [6.45, 7) is 0. The predicted molar refractivity (Wildman–Crippen MR) is 76.5 cm³/mol. The van der Waals surface area contributed by atoms with Crippen LogP contribution in [0.4, 0.5) is 10.1 Å². The van der Waals surface area contributed by atoms with Crippen LogP contribution in [0.1, 0.15) is 0 Å². The van der Waals surface area contributed by atoms with Crippen LogP contribution in [0.3, 0.4) is 0 Å². The van der Waals surface area contributed by atoms with Gasteiger partial charge in [-0.1, -0.05) is 17.7 Å². The molecule has 2 aromatic carbocycles. The molecule has 0 saturated carbocycles. The SMILES string of the molecule is Nc1cc2oc(-c3cccc(Br)c3F)nc2cc1Cl. The predicted octanol–water partition coefficient (Wildman–Crippen LogP) is 4.63. The van der Waals surface area contributed by atoms with Crippen LogP contribution in [0.5, 0.6) is 0 Å². The molecule has 96 valence electrons. The lowest BCUT2D eigenvalue weighted by molar-refractivity contribution is 0.590. The molecule has 0 unspecified atom stereocenters. The molecule has 1 heterocycles.